The van der Waals surface area contributed by atoms with Gasteiger partial charge in [-0.1, -0.05) is 18.2 Å². The third-order valence-electron chi connectivity index (χ3n) is 2.75. The summed E-state index contributed by atoms with van der Waals surface area (Å²) in [5.74, 6) is 0.601. The number of rotatable bonds is 6. The second-order valence-corrected chi connectivity index (χ2v) is 4.79. The van der Waals surface area contributed by atoms with Crippen LogP contribution in [0.5, 0.6) is 0 Å². The van der Waals surface area contributed by atoms with Crippen molar-refractivity contribution >= 4 is 23.1 Å². The van der Waals surface area contributed by atoms with Crippen LogP contribution in [0, 0.1) is 5.82 Å². The van der Waals surface area contributed by atoms with E-state index in [4.69, 9.17) is 12.2 Å². The summed E-state index contributed by atoms with van der Waals surface area (Å²) >= 11 is 5.17. The Morgan fingerprint density at radius 1 is 1.05 bits per heavy atom. The van der Waals surface area contributed by atoms with Crippen molar-refractivity contribution in [3.05, 3.63) is 60.0 Å². The molecule has 0 aliphatic heterocycles. The molecular weight excluding hydrogens is 287 g/mol. The van der Waals surface area contributed by atoms with Crippen LogP contribution in [0.25, 0.3) is 0 Å². The topological polar surface area (TPSA) is 49.0 Å². The summed E-state index contributed by atoms with van der Waals surface area (Å²) in [6.45, 7) is 1.97. The maximum Gasteiger partial charge on any atom is 0.166 e. The van der Waals surface area contributed by atoms with Crippen LogP contribution in [0.1, 0.15) is 5.56 Å². The molecule has 0 atom stereocenters. The molecule has 3 N–H and O–H groups in total. The molecule has 0 aliphatic rings. The molecule has 1 aromatic heterocycles. The number of nitrogens with one attached hydrogen (secondary N) is 3. The minimum Gasteiger partial charge on any atom is -0.368 e. The van der Waals surface area contributed by atoms with Gasteiger partial charge in [0.05, 0.1) is 0 Å². The molecule has 2 aromatic rings. The Morgan fingerprint density at radius 2 is 1.86 bits per heavy atom. The van der Waals surface area contributed by atoms with Gasteiger partial charge in [-0.25, -0.2) is 9.37 Å². The first-order valence-corrected chi connectivity index (χ1v) is 7.06. The zero-order valence-electron chi connectivity index (χ0n) is 11.5. The maximum absolute atomic E-state index is 12.8. The third-order valence-corrected chi connectivity index (χ3v) is 3.04. The number of anilines is 1. The molecule has 0 spiro atoms. The van der Waals surface area contributed by atoms with E-state index in [-0.39, 0.29) is 5.82 Å². The molecule has 0 radical (unpaired) electrons. The van der Waals surface area contributed by atoms with Crippen molar-refractivity contribution in [3.8, 4) is 0 Å². The lowest BCUT2D eigenvalue weighted by atomic mass is 10.2. The van der Waals surface area contributed by atoms with Gasteiger partial charge in [-0.2, -0.15) is 0 Å². The van der Waals surface area contributed by atoms with Crippen LogP contribution in [-0.4, -0.2) is 23.2 Å². The second-order valence-electron chi connectivity index (χ2n) is 4.38. The van der Waals surface area contributed by atoms with E-state index in [0.717, 1.165) is 17.9 Å². The van der Waals surface area contributed by atoms with Crippen molar-refractivity contribution < 1.29 is 4.39 Å². The molecule has 0 aliphatic carbocycles. The van der Waals surface area contributed by atoms with Gasteiger partial charge in [0.2, 0.25) is 0 Å². The molecular formula is C15H17FN4S. The van der Waals surface area contributed by atoms with Crippen LogP contribution < -0.4 is 16.0 Å². The number of benzene rings is 1. The number of nitrogens with zero attached hydrogens (tertiary/aromatic N) is 1. The standard InChI is InChI=1S/C15H17FN4S/c16-13-6-4-12(5-7-13)11-20-15(21)19-10-9-18-14-3-1-2-8-17-14/h1-8H,9-11H2,(H,17,18)(H2,19,20,21). The van der Waals surface area contributed by atoms with Crippen molar-refractivity contribution in [2.45, 2.75) is 6.54 Å². The molecule has 21 heavy (non-hydrogen) atoms. The Morgan fingerprint density at radius 3 is 2.57 bits per heavy atom. The summed E-state index contributed by atoms with van der Waals surface area (Å²) in [4.78, 5) is 4.16. The summed E-state index contributed by atoms with van der Waals surface area (Å²) in [5.41, 5.74) is 0.979. The lowest BCUT2D eigenvalue weighted by molar-refractivity contribution is 0.626. The number of hydrogen-bond donors (Lipinski definition) is 3. The van der Waals surface area contributed by atoms with E-state index < -0.39 is 0 Å². The van der Waals surface area contributed by atoms with Crippen molar-refractivity contribution in [3.63, 3.8) is 0 Å². The molecule has 4 nitrogen and oxygen atoms in total. The molecule has 1 aromatic carbocycles. The van der Waals surface area contributed by atoms with Gasteiger partial charge in [-0.15, -0.1) is 0 Å². The molecule has 0 saturated heterocycles. The van der Waals surface area contributed by atoms with Crippen molar-refractivity contribution in [1.82, 2.24) is 15.6 Å². The number of halogens is 1. The second kappa shape index (κ2) is 8.16. The van der Waals surface area contributed by atoms with Crippen LogP contribution in [0.3, 0.4) is 0 Å². The van der Waals surface area contributed by atoms with Crippen molar-refractivity contribution in [2.75, 3.05) is 18.4 Å². The summed E-state index contributed by atoms with van der Waals surface area (Å²) in [5, 5.41) is 9.91. The Hall–Kier alpha value is -2.21. The first kappa shape index (κ1) is 15.2. The fourth-order valence-electron chi connectivity index (χ4n) is 1.68. The lowest BCUT2D eigenvalue weighted by Gasteiger charge is -2.11. The van der Waals surface area contributed by atoms with E-state index in [2.05, 4.69) is 20.9 Å². The summed E-state index contributed by atoms with van der Waals surface area (Å²) < 4.78 is 12.8. The molecule has 0 fully saturated rings. The van der Waals surface area contributed by atoms with Crippen LogP contribution in [0.4, 0.5) is 10.2 Å². The quantitative estimate of drug-likeness (QED) is 0.565. The van der Waals surface area contributed by atoms with Crippen LogP contribution >= 0.6 is 12.2 Å². The van der Waals surface area contributed by atoms with Crippen LogP contribution in [0.15, 0.2) is 48.7 Å². The summed E-state index contributed by atoms with van der Waals surface area (Å²) in [6, 6.07) is 12.0. The van der Waals surface area contributed by atoms with Gasteiger partial charge in [0.25, 0.3) is 0 Å². The molecule has 1 heterocycles. The van der Waals surface area contributed by atoms with Gasteiger partial charge in [0.15, 0.2) is 5.11 Å². The molecule has 0 unspecified atom stereocenters. The van der Waals surface area contributed by atoms with Gasteiger partial charge in [0, 0.05) is 25.8 Å². The Bertz CT molecular complexity index is 560. The van der Waals surface area contributed by atoms with Crippen molar-refractivity contribution in [1.29, 1.82) is 0 Å². The first-order chi connectivity index (χ1) is 10.2. The lowest BCUT2D eigenvalue weighted by Crippen LogP contribution is -2.37. The summed E-state index contributed by atoms with van der Waals surface area (Å²) in [6.07, 6.45) is 1.74. The van der Waals surface area contributed by atoms with Crippen molar-refractivity contribution in [2.24, 2.45) is 0 Å². The van der Waals surface area contributed by atoms with Gasteiger partial charge >= 0.3 is 0 Å². The molecule has 6 heteroatoms. The van der Waals surface area contributed by atoms with E-state index in [9.17, 15) is 4.39 Å². The normalized spacial score (nSPS) is 9.95. The van der Waals surface area contributed by atoms with Gasteiger partial charge in [-0.05, 0) is 42.0 Å². The molecule has 0 bridgehead atoms. The van der Waals surface area contributed by atoms with Crippen LogP contribution in [0.2, 0.25) is 0 Å². The fourth-order valence-corrected chi connectivity index (χ4v) is 1.86. The molecule has 0 saturated carbocycles. The predicted molar refractivity (Wildman–Crippen MR) is 86.6 cm³/mol. The highest BCUT2D eigenvalue weighted by atomic mass is 32.1. The number of aromatic nitrogens is 1. The zero-order valence-corrected chi connectivity index (χ0v) is 12.3. The Kier molecular flexibility index (Phi) is 5.90. The third kappa shape index (κ3) is 5.74. The average Bonchev–Trinajstić information content (AvgIpc) is 2.52. The monoisotopic (exact) mass is 304 g/mol. The maximum atomic E-state index is 12.8. The van der Waals surface area contributed by atoms with Crippen LogP contribution in [-0.2, 0) is 6.54 Å². The Balaban J connectivity index is 1.60. The highest BCUT2D eigenvalue weighted by molar-refractivity contribution is 7.80. The number of pyridine rings is 1. The van der Waals surface area contributed by atoms with E-state index in [0.29, 0.717) is 18.2 Å². The van der Waals surface area contributed by atoms with E-state index in [1.54, 1.807) is 18.3 Å². The van der Waals surface area contributed by atoms with E-state index >= 15 is 0 Å². The minimum atomic E-state index is -0.236. The molecule has 2 rings (SSSR count). The highest BCUT2D eigenvalue weighted by Gasteiger charge is 1.97. The number of thiocarbonyl (C=S) groups is 1. The highest BCUT2D eigenvalue weighted by Crippen LogP contribution is 2.01. The zero-order chi connectivity index (χ0) is 14.9. The first-order valence-electron chi connectivity index (χ1n) is 6.65. The average molecular weight is 304 g/mol. The molecule has 0 amide bonds. The van der Waals surface area contributed by atoms with Gasteiger partial charge in [-0.3, -0.25) is 0 Å². The minimum absolute atomic E-state index is 0.236. The number of hydrogen-bond acceptors (Lipinski definition) is 3. The predicted octanol–water partition coefficient (Wildman–Crippen LogP) is 2.30. The van der Waals surface area contributed by atoms with Gasteiger partial charge in [0.1, 0.15) is 11.6 Å². The fraction of sp³-hybridized carbons (Fsp3) is 0.200. The SMILES string of the molecule is Fc1ccc(CNC(=S)NCCNc2ccccn2)cc1. The Labute approximate surface area is 128 Å². The van der Waals surface area contributed by atoms with E-state index in [1.807, 2.05) is 18.2 Å². The van der Waals surface area contributed by atoms with E-state index in [1.165, 1.54) is 12.1 Å². The summed E-state index contributed by atoms with van der Waals surface area (Å²) in [7, 11) is 0. The molecule has 110 valence electrons. The smallest absolute Gasteiger partial charge is 0.166 e. The largest absolute Gasteiger partial charge is 0.368 e. The van der Waals surface area contributed by atoms with Gasteiger partial charge < -0.3 is 16.0 Å².